The van der Waals surface area contributed by atoms with Crippen molar-refractivity contribution in [1.29, 1.82) is 0 Å². The molecule has 24 heavy (non-hydrogen) atoms. The van der Waals surface area contributed by atoms with Gasteiger partial charge in [0, 0.05) is 25.0 Å². The summed E-state index contributed by atoms with van der Waals surface area (Å²) in [4.78, 5) is 17.1. The van der Waals surface area contributed by atoms with E-state index in [9.17, 15) is 4.79 Å². The van der Waals surface area contributed by atoms with E-state index in [1.165, 1.54) is 0 Å². The van der Waals surface area contributed by atoms with Crippen molar-refractivity contribution in [2.45, 2.75) is 26.3 Å². The Hall–Kier alpha value is -2.21. The van der Waals surface area contributed by atoms with Crippen molar-refractivity contribution >= 4 is 34.3 Å². The second kappa shape index (κ2) is 7.13. The number of rotatable bonds is 5. The lowest BCUT2D eigenvalue weighted by atomic mass is 10.1. The highest BCUT2D eigenvalue weighted by molar-refractivity contribution is 6.03. The molecule has 0 saturated heterocycles. The zero-order chi connectivity index (χ0) is 16.6. The van der Waals surface area contributed by atoms with E-state index in [4.69, 9.17) is 9.47 Å². The molecule has 3 rings (SSSR count). The zero-order valence-electron chi connectivity index (χ0n) is 14.3. The van der Waals surface area contributed by atoms with E-state index in [2.05, 4.69) is 11.9 Å². The summed E-state index contributed by atoms with van der Waals surface area (Å²) in [6, 6.07) is 3.79. The Morgan fingerprint density at radius 1 is 1.17 bits per heavy atom. The van der Waals surface area contributed by atoms with E-state index in [0.717, 1.165) is 29.3 Å². The molecule has 0 aliphatic rings. The van der Waals surface area contributed by atoms with Crippen molar-refractivity contribution < 1.29 is 9.47 Å². The normalized spacial score (nSPS) is 10.8. The lowest BCUT2D eigenvalue weighted by molar-refractivity contribution is 0.355. The largest absolute Gasteiger partial charge is 0.493 e. The number of hydrogen-bond acceptors (Lipinski definition) is 4. The molecule has 0 aliphatic carbocycles. The molecule has 0 aliphatic heterocycles. The number of methoxy groups -OCH3 is 2. The van der Waals surface area contributed by atoms with Gasteiger partial charge in [-0.15, -0.1) is 12.4 Å². The van der Waals surface area contributed by atoms with Crippen molar-refractivity contribution in [1.82, 2.24) is 14.1 Å². The molecule has 7 heteroatoms. The van der Waals surface area contributed by atoms with Gasteiger partial charge in [0.05, 0.1) is 31.6 Å². The predicted molar refractivity (Wildman–Crippen MR) is 97.7 cm³/mol. The van der Waals surface area contributed by atoms with Crippen LogP contribution in [0.3, 0.4) is 0 Å². The molecular formula is C17H22ClN3O3. The number of ether oxygens (including phenoxy) is 2. The number of unbranched alkanes of at least 4 members (excludes halogenated alkanes) is 1. The van der Waals surface area contributed by atoms with Crippen molar-refractivity contribution in [3.63, 3.8) is 0 Å². The van der Waals surface area contributed by atoms with Crippen LogP contribution in [0.5, 0.6) is 11.5 Å². The van der Waals surface area contributed by atoms with E-state index >= 15 is 0 Å². The molecule has 3 aromatic rings. The summed E-state index contributed by atoms with van der Waals surface area (Å²) in [5.41, 5.74) is 2.09. The number of imidazole rings is 1. The molecule has 0 unspecified atom stereocenters. The number of fused-ring (bicyclic) bond motifs is 3. The van der Waals surface area contributed by atoms with Crippen molar-refractivity contribution in [3.05, 3.63) is 28.8 Å². The van der Waals surface area contributed by atoms with Crippen LogP contribution in [0.2, 0.25) is 0 Å². The van der Waals surface area contributed by atoms with E-state index in [1.54, 1.807) is 25.1 Å². The Bertz CT molecular complexity index is 930. The lowest BCUT2D eigenvalue weighted by Gasteiger charge is -2.15. The number of nitrogens with zero attached hydrogens (tertiary/aromatic N) is 3. The third-order valence-electron chi connectivity index (χ3n) is 4.17. The number of aromatic nitrogens is 3. The third kappa shape index (κ3) is 2.71. The first-order valence-corrected chi connectivity index (χ1v) is 7.71. The standard InChI is InChI=1S/C17H21N3O3.ClH/c1-5-6-7-20-12-9-14(23-4)13(22-3)8-11(12)16-15(17(20)21)18-10-19(16)2;/h8-10H,5-7H2,1-4H3;1H. The Kier molecular flexibility index (Phi) is 5.39. The van der Waals surface area contributed by atoms with Crippen LogP contribution < -0.4 is 15.0 Å². The maximum Gasteiger partial charge on any atom is 0.279 e. The summed E-state index contributed by atoms with van der Waals surface area (Å²) in [5, 5.41) is 0.938. The highest BCUT2D eigenvalue weighted by Gasteiger charge is 2.17. The first kappa shape index (κ1) is 18.1. The van der Waals surface area contributed by atoms with Crippen LogP contribution in [0, 0.1) is 0 Å². The van der Waals surface area contributed by atoms with Gasteiger partial charge < -0.3 is 18.6 Å². The number of halogens is 1. The molecule has 0 fully saturated rings. The van der Waals surface area contributed by atoms with Gasteiger partial charge in [0.1, 0.15) is 0 Å². The van der Waals surface area contributed by atoms with E-state index in [0.29, 0.717) is 23.6 Å². The fraction of sp³-hybridized carbons (Fsp3) is 0.412. The van der Waals surface area contributed by atoms with Gasteiger partial charge >= 0.3 is 0 Å². The van der Waals surface area contributed by atoms with Gasteiger partial charge in [0.25, 0.3) is 5.56 Å². The molecule has 0 radical (unpaired) electrons. The minimum atomic E-state index is -0.0613. The van der Waals surface area contributed by atoms with Gasteiger partial charge in [-0.2, -0.15) is 0 Å². The second-order valence-corrected chi connectivity index (χ2v) is 5.59. The fourth-order valence-corrected chi connectivity index (χ4v) is 2.96. The van der Waals surface area contributed by atoms with E-state index in [1.807, 2.05) is 23.7 Å². The summed E-state index contributed by atoms with van der Waals surface area (Å²) < 4.78 is 14.5. The quantitative estimate of drug-likeness (QED) is 0.708. The van der Waals surface area contributed by atoms with Crippen molar-refractivity contribution in [2.24, 2.45) is 7.05 Å². The molecule has 2 heterocycles. The van der Waals surface area contributed by atoms with Crippen LogP contribution in [-0.2, 0) is 13.6 Å². The van der Waals surface area contributed by atoms with Gasteiger partial charge in [0.2, 0.25) is 0 Å². The van der Waals surface area contributed by atoms with Gasteiger partial charge in [-0.3, -0.25) is 4.79 Å². The molecule has 130 valence electrons. The first-order chi connectivity index (χ1) is 11.1. The maximum atomic E-state index is 12.8. The smallest absolute Gasteiger partial charge is 0.279 e. The van der Waals surface area contributed by atoms with E-state index < -0.39 is 0 Å². The van der Waals surface area contributed by atoms with E-state index in [-0.39, 0.29) is 18.0 Å². The molecule has 0 spiro atoms. The highest BCUT2D eigenvalue weighted by Crippen LogP contribution is 2.34. The Morgan fingerprint density at radius 3 is 2.46 bits per heavy atom. The van der Waals surface area contributed by atoms with Crippen LogP contribution in [0.25, 0.3) is 21.9 Å². The number of hydrogen-bond donors (Lipinski definition) is 0. The minimum Gasteiger partial charge on any atom is -0.493 e. The minimum absolute atomic E-state index is 0. The summed E-state index contributed by atoms with van der Waals surface area (Å²) in [7, 11) is 5.10. The summed E-state index contributed by atoms with van der Waals surface area (Å²) >= 11 is 0. The first-order valence-electron chi connectivity index (χ1n) is 7.71. The van der Waals surface area contributed by atoms with Gasteiger partial charge in [0.15, 0.2) is 17.0 Å². The molecule has 1 aromatic carbocycles. The molecule has 0 bridgehead atoms. The Labute approximate surface area is 146 Å². The van der Waals surface area contributed by atoms with Gasteiger partial charge in [-0.25, -0.2) is 4.98 Å². The molecular weight excluding hydrogens is 330 g/mol. The van der Waals surface area contributed by atoms with Crippen LogP contribution in [0.1, 0.15) is 19.8 Å². The zero-order valence-corrected chi connectivity index (χ0v) is 15.1. The number of pyridine rings is 1. The SMILES string of the molecule is CCCCn1c(=O)c2ncn(C)c2c2cc(OC)c(OC)cc21.Cl. The topological polar surface area (TPSA) is 58.3 Å². The van der Waals surface area contributed by atoms with Crippen LogP contribution in [0.4, 0.5) is 0 Å². The average molecular weight is 352 g/mol. The molecule has 0 amide bonds. The molecule has 2 aromatic heterocycles. The van der Waals surface area contributed by atoms with Crippen LogP contribution >= 0.6 is 12.4 Å². The van der Waals surface area contributed by atoms with Crippen molar-refractivity contribution in [2.75, 3.05) is 14.2 Å². The predicted octanol–water partition coefficient (Wildman–Crippen LogP) is 3.13. The molecule has 0 N–H and O–H groups in total. The van der Waals surface area contributed by atoms with Crippen molar-refractivity contribution in [3.8, 4) is 11.5 Å². The Balaban J connectivity index is 0.00000208. The fourth-order valence-electron chi connectivity index (χ4n) is 2.96. The second-order valence-electron chi connectivity index (χ2n) is 5.59. The third-order valence-corrected chi connectivity index (χ3v) is 4.17. The maximum absolute atomic E-state index is 12.8. The van der Waals surface area contributed by atoms with Gasteiger partial charge in [-0.1, -0.05) is 13.3 Å². The summed E-state index contributed by atoms with van der Waals surface area (Å²) in [6.07, 6.45) is 3.62. The Morgan fingerprint density at radius 2 is 1.83 bits per heavy atom. The van der Waals surface area contributed by atoms with Gasteiger partial charge in [-0.05, 0) is 12.5 Å². The van der Waals surface area contributed by atoms with Crippen LogP contribution in [0.15, 0.2) is 23.3 Å². The molecule has 0 atom stereocenters. The number of benzene rings is 1. The highest BCUT2D eigenvalue weighted by atomic mass is 35.5. The average Bonchev–Trinajstić information content (AvgIpc) is 2.96. The molecule has 6 nitrogen and oxygen atoms in total. The lowest BCUT2D eigenvalue weighted by Crippen LogP contribution is -2.21. The molecule has 0 saturated carbocycles. The summed E-state index contributed by atoms with van der Waals surface area (Å²) in [5.74, 6) is 1.26. The number of aryl methyl sites for hydroxylation is 2. The van der Waals surface area contributed by atoms with Crippen LogP contribution in [-0.4, -0.2) is 28.3 Å². The monoisotopic (exact) mass is 351 g/mol. The summed E-state index contributed by atoms with van der Waals surface area (Å²) in [6.45, 7) is 2.77.